The molecule has 0 aliphatic heterocycles. The van der Waals surface area contributed by atoms with Crippen LogP contribution in [-0.4, -0.2) is 20.7 Å². The lowest BCUT2D eigenvalue weighted by Crippen LogP contribution is -2.05. The molecule has 1 heterocycles. The van der Waals surface area contributed by atoms with Crippen molar-refractivity contribution in [2.75, 3.05) is 0 Å². The Bertz CT molecular complexity index is 1020. The maximum absolute atomic E-state index is 12.6. The fourth-order valence-electron chi connectivity index (χ4n) is 2.49. The Kier molecular flexibility index (Phi) is 5.42. The third-order valence-corrected chi connectivity index (χ3v) is 3.95. The van der Waals surface area contributed by atoms with Crippen molar-refractivity contribution in [3.05, 3.63) is 76.4 Å². The van der Waals surface area contributed by atoms with Gasteiger partial charge in [-0.15, -0.1) is 5.10 Å². The molecule has 142 valence electrons. The first-order chi connectivity index (χ1) is 13.4. The number of amides is 1. The zero-order valence-electron chi connectivity index (χ0n) is 14.3. The van der Waals surface area contributed by atoms with Crippen molar-refractivity contribution in [1.82, 2.24) is 14.8 Å². The van der Waals surface area contributed by atoms with Crippen LogP contribution in [0.1, 0.15) is 17.5 Å². The Morgan fingerprint density at radius 2 is 1.79 bits per heavy atom. The van der Waals surface area contributed by atoms with E-state index in [-0.39, 0.29) is 6.42 Å². The topological polar surface area (TPSA) is 96.5 Å². The summed E-state index contributed by atoms with van der Waals surface area (Å²) >= 11 is 0. The monoisotopic (exact) mass is 386 g/mol. The smallest absolute Gasteiger partial charge is 0.293 e. The van der Waals surface area contributed by atoms with E-state index < -0.39 is 17.6 Å². The van der Waals surface area contributed by atoms with Crippen LogP contribution in [0.15, 0.2) is 60.0 Å². The van der Waals surface area contributed by atoms with Gasteiger partial charge in [-0.1, -0.05) is 24.3 Å². The molecule has 1 amide bonds. The molecule has 2 aromatic carbocycles. The summed E-state index contributed by atoms with van der Waals surface area (Å²) in [6.07, 6.45) is -2.42. The fraction of sp³-hybridized carbons (Fsp3) is 0.167. The van der Waals surface area contributed by atoms with E-state index in [2.05, 4.69) is 20.1 Å². The van der Waals surface area contributed by atoms with E-state index in [1.807, 2.05) is 0 Å². The minimum atomic E-state index is -4.39. The second-order valence-electron chi connectivity index (χ2n) is 5.84. The van der Waals surface area contributed by atoms with Crippen LogP contribution in [0.3, 0.4) is 0 Å². The van der Waals surface area contributed by atoms with Crippen molar-refractivity contribution >= 4 is 5.91 Å². The number of carbonyl (C=O) groups is 1. The van der Waals surface area contributed by atoms with Crippen LogP contribution >= 0.6 is 0 Å². The average Bonchev–Trinajstić information content (AvgIpc) is 3.17. The molecule has 0 bridgehead atoms. The predicted octanol–water partition coefficient (Wildman–Crippen LogP) is 4.72. The van der Waals surface area contributed by atoms with E-state index in [0.717, 1.165) is 23.3 Å². The van der Waals surface area contributed by atoms with Crippen molar-refractivity contribution in [3.8, 4) is 17.1 Å². The second kappa shape index (κ2) is 7.93. The highest BCUT2D eigenvalue weighted by Gasteiger charge is 2.30. The molecule has 3 rings (SSSR count). The summed E-state index contributed by atoms with van der Waals surface area (Å²) in [7, 11) is 0. The minimum absolute atomic E-state index is 0.115. The number of hydrogen-bond donors (Lipinski definition) is 0. The number of hydrogen-bond acceptors (Lipinski definition) is 3. The summed E-state index contributed by atoms with van der Waals surface area (Å²) in [5, 5.41) is 7.30. The third kappa shape index (κ3) is 4.54. The van der Waals surface area contributed by atoms with Crippen molar-refractivity contribution < 1.29 is 18.0 Å². The summed E-state index contributed by atoms with van der Waals surface area (Å²) in [6.45, 7) is 0. The second-order valence-corrected chi connectivity index (χ2v) is 5.84. The first kappa shape index (κ1) is 19.1. The zero-order valence-corrected chi connectivity index (χ0v) is 14.3. The molecule has 0 saturated heterocycles. The average molecular weight is 386 g/mol. The number of nitrogens with zero attached hydrogens (tertiary/aromatic N) is 6. The Hall–Kier alpha value is -3.65. The standard InChI is InChI=1S/C18H13F3N6O/c19-18(20,21)14-6-8-15(9-7-14)27-11-23-17(25-27)13-4-1-12(2-5-13)3-10-16(28)24-26-22/h1-2,4-9,11H,3,10H2. The van der Waals surface area contributed by atoms with E-state index >= 15 is 0 Å². The minimum Gasteiger partial charge on any atom is -0.293 e. The lowest BCUT2D eigenvalue weighted by atomic mass is 10.1. The lowest BCUT2D eigenvalue weighted by molar-refractivity contribution is -0.137. The van der Waals surface area contributed by atoms with Gasteiger partial charge in [0.15, 0.2) is 5.82 Å². The highest BCUT2D eigenvalue weighted by Crippen LogP contribution is 2.29. The van der Waals surface area contributed by atoms with Crippen LogP contribution in [0.25, 0.3) is 27.5 Å². The number of alkyl halides is 3. The molecule has 0 saturated carbocycles. The maximum atomic E-state index is 12.6. The Morgan fingerprint density at radius 3 is 2.39 bits per heavy atom. The number of carbonyl (C=O) groups excluding carboxylic acids is 1. The Balaban J connectivity index is 1.71. The van der Waals surface area contributed by atoms with Crippen LogP contribution < -0.4 is 0 Å². The number of azide groups is 1. The molecule has 0 radical (unpaired) electrons. The van der Waals surface area contributed by atoms with Gasteiger partial charge in [0.1, 0.15) is 6.33 Å². The van der Waals surface area contributed by atoms with Crippen LogP contribution in [0.5, 0.6) is 0 Å². The Morgan fingerprint density at radius 1 is 1.11 bits per heavy atom. The molecule has 3 aromatic rings. The molecule has 10 heteroatoms. The Labute approximate surface area is 157 Å². The van der Waals surface area contributed by atoms with Gasteiger partial charge >= 0.3 is 6.18 Å². The number of aromatic nitrogens is 3. The maximum Gasteiger partial charge on any atom is 0.416 e. The van der Waals surface area contributed by atoms with Crippen molar-refractivity contribution in [3.63, 3.8) is 0 Å². The lowest BCUT2D eigenvalue weighted by Gasteiger charge is -2.07. The number of rotatable bonds is 5. The summed E-state index contributed by atoms with van der Waals surface area (Å²) in [6, 6.07) is 11.8. The largest absolute Gasteiger partial charge is 0.416 e. The predicted molar refractivity (Wildman–Crippen MR) is 94.3 cm³/mol. The van der Waals surface area contributed by atoms with Gasteiger partial charge in [-0.05, 0) is 46.9 Å². The SMILES string of the molecule is [N-]=[N+]=NC(=O)CCc1ccc(-c2ncn(-c3ccc(C(F)(F)F)cc3)n2)cc1. The highest BCUT2D eigenvalue weighted by atomic mass is 19.4. The van der Waals surface area contributed by atoms with Crippen LogP contribution in [0.2, 0.25) is 0 Å². The molecule has 0 aliphatic rings. The molecule has 0 spiro atoms. The van der Waals surface area contributed by atoms with Gasteiger partial charge in [0.05, 0.1) is 11.3 Å². The molecule has 1 aromatic heterocycles. The van der Waals surface area contributed by atoms with Gasteiger partial charge in [0.25, 0.3) is 0 Å². The molecule has 0 N–H and O–H groups in total. The van der Waals surface area contributed by atoms with E-state index in [1.165, 1.54) is 23.1 Å². The first-order valence-electron chi connectivity index (χ1n) is 8.13. The molecular formula is C18H13F3N6O. The molecular weight excluding hydrogens is 373 g/mol. The first-order valence-corrected chi connectivity index (χ1v) is 8.13. The number of aryl methyl sites for hydroxylation is 1. The van der Waals surface area contributed by atoms with E-state index in [1.54, 1.807) is 24.3 Å². The van der Waals surface area contributed by atoms with Crippen molar-refractivity contribution in [1.29, 1.82) is 0 Å². The summed E-state index contributed by atoms with van der Waals surface area (Å²) in [5.41, 5.74) is 9.53. The van der Waals surface area contributed by atoms with Gasteiger partial charge < -0.3 is 0 Å². The molecule has 0 unspecified atom stereocenters. The van der Waals surface area contributed by atoms with E-state index in [4.69, 9.17) is 5.53 Å². The van der Waals surface area contributed by atoms with Crippen LogP contribution in [0, 0.1) is 0 Å². The molecule has 28 heavy (non-hydrogen) atoms. The third-order valence-electron chi connectivity index (χ3n) is 3.95. The number of benzene rings is 2. The molecule has 0 fully saturated rings. The number of halogens is 3. The summed E-state index contributed by atoms with van der Waals surface area (Å²) in [4.78, 5) is 17.8. The fourth-order valence-corrected chi connectivity index (χ4v) is 2.49. The van der Waals surface area contributed by atoms with Gasteiger partial charge in [0, 0.05) is 16.9 Å². The van der Waals surface area contributed by atoms with Crippen LogP contribution in [0.4, 0.5) is 13.2 Å². The van der Waals surface area contributed by atoms with E-state index in [0.29, 0.717) is 17.9 Å². The molecule has 7 nitrogen and oxygen atoms in total. The molecule has 0 aliphatic carbocycles. The van der Waals surface area contributed by atoms with Gasteiger partial charge in [-0.3, -0.25) is 4.79 Å². The van der Waals surface area contributed by atoms with Gasteiger partial charge in [-0.25, -0.2) is 9.67 Å². The highest BCUT2D eigenvalue weighted by molar-refractivity contribution is 5.77. The molecule has 0 atom stereocenters. The van der Waals surface area contributed by atoms with Crippen molar-refractivity contribution in [2.24, 2.45) is 5.11 Å². The quantitative estimate of drug-likeness (QED) is 0.360. The summed E-state index contributed by atoms with van der Waals surface area (Å²) in [5.74, 6) is -0.111. The van der Waals surface area contributed by atoms with E-state index in [9.17, 15) is 18.0 Å². The van der Waals surface area contributed by atoms with Crippen LogP contribution in [-0.2, 0) is 17.4 Å². The normalized spacial score (nSPS) is 11.1. The van der Waals surface area contributed by atoms with Gasteiger partial charge in [0.2, 0.25) is 5.91 Å². The zero-order chi connectivity index (χ0) is 20.1. The van der Waals surface area contributed by atoms with Gasteiger partial charge in [-0.2, -0.15) is 13.2 Å². The van der Waals surface area contributed by atoms with Crippen molar-refractivity contribution in [2.45, 2.75) is 19.0 Å². The summed E-state index contributed by atoms with van der Waals surface area (Å²) < 4.78 is 39.3.